The Morgan fingerprint density at radius 3 is 2.75 bits per heavy atom. The fourth-order valence-electron chi connectivity index (χ4n) is 2.47. The fourth-order valence-corrected chi connectivity index (χ4v) is 2.61. The molecule has 3 rings (SSSR count). The number of hydrazone groups is 1. The van der Waals surface area contributed by atoms with Gasteiger partial charge in [-0.25, -0.2) is 5.10 Å². The molecular weight excluding hydrogens is 330 g/mol. The summed E-state index contributed by atoms with van der Waals surface area (Å²) in [6, 6.07) is 7.61. The third-order valence-electron chi connectivity index (χ3n) is 3.81. The third-order valence-corrected chi connectivity index (χ3v) is 4.19. The van der Waals surface area contributed by atoms with Gasteiger partial charge in [0.15, 0.2) is 0 Å². The van der Waals surface area contributed by atoms with E-state index >= 15 is 0 Å². The van der Waals surface area contributed by atoms with Crippen LogP contribution < -0.4 is 15.9 Å². The standard InChI is InChI=1S/C16H16ClN5O2/c1-10(19-20-13-9-18-21-16(24)15(13)17)11-4-6-12(7-5-11)22-8-2-3-14(22)23/h4-7,9H,2-3,8H2,1H3,(H2,20,21,24)/b19-10-. The van der Waals surface area contributed by atoms with E-state index in [1.54, 1.807) is 4.90 Å². The van der Waals surface area contributed by atoms with Crippen molar-refractivity contribution in [3.05, 3.63) is 51.4 Å². The quantitative estimate of drug-likeness (QED) is 0.657. The number of aromatic amines is 1. The van der Waals surface area contributed by atoms with Crippen molar-refractivity contribution in [3.8, 4) is 0 Å². The van der Waals surface area contributed by atoms with E-state index in [0.29, 0.717) is 17.8 Å². The molecule has 1 aliphatic rings. The molecule has 0 unspecified atom stereocenters. The summed E-state index contributed by atoms with van der Waals surface area (Å²) in [6.07, 6.45) is 2.90. The Morgan fingerprint density at radius 1 is 1.33 bits per heavy atom. The van der Waals surface area contributed by atoms with Gasteiger partial charge in [-0.3, -0.25) is 15.0 Å². The highest BCUT2D eigenvalue weighted by atomic mass is 35.5. The summed E-state index contributed by atoms with van der Waals surface area (Å²) in [4.78, 5) is 24.9. The summed E-state index contributed by atoms with van der Waals surface area (Å²) in [6.45, 7) is 2.60. The second-order valence-electron chi connectivity index (χ2n) is 5.43. The number of carbonyl (C=O) groups is 1. The highest BCUT2D eigenvalue weighted by Crippen LogP contribution is 2.22. The van der Waals surface area contributed by atoms with Crippen LogP contribution in [0.5, 0.6) is 0 Å². The maximum atomic E-state index is 11.8. The molecule has 1 amide bonds. The molecule has 1 aromatic carbocycles. The van der Waals surface area contributed by atoms with Gasteiger partial charge in [-0.15, -0.1) is 0 Å². The van der Waals surface area contributed by atoms with Crippen LogP contribution in [0.1, 0.15) is 25.3 Å². The smallest absolute Gasteiger partial charge is 0.285 e. The monoisotopic (exact) mass is 345 g/mol. The van der Waals surface area contributed by atoms with Crippen LogP contribution in [-0.4, -0.2) is 28.4 Å². The van der Waals surface area contributed by atoms with Crippen molar-refractivity contribution >= 4 is 34.6 Å². The molecule has 0 saturated carbocycles. The second-order valence-corrected chi connectivity index (χ2v) is 5.81. The first-order valence-corrected chi connectivity index (χ1v) is 7.88. The predicted molar refractivity (Wildman–Crippen MR) is 93.7 cm³/mol. The summed E-state index contributed by atoms with van der Waals surface area (Å²) in [5.41, 5.74) is 5.09. The van der Waals surface area contributed by atoms with Gasteiger partial charge in [0, 0.05) is 18.7 Å². The Labute approximate surface area is 143 Å². The maximum Gasteiger partial charge on any atom is 0.285 e. The first-order valence-electron chi connectivity index (χ1n) is 7.50. The molecule has 8 heteroatoms. The van der Waals surface area contributed by atoms with Crippen LogP contribution in [0.4, 0.5) is 11.4 Å². The van der Waals surface area contributed by atoms with E-state index in [9.17, 15) is 9.59 Å². The summed E-state index contributed by atoms with van der Waals surface area (Å²) in [5, 5.41) is 10.1. The molecule has 1 fully saturated rings. The number of anilines is 2. The van der Waals surface area contributed by atoms with Crippen molar-refractivity contribution < 1.29 is 4.79 Å². The summed E-state index contributed by atoms with van der Waals surface area (Å²) in [5.74, 6) is 0.159. The molecule has 1 aromatic heterocycles. The van der Waals surface area contributed by atoms with Gasteiger partial charge in [0.1, 0.15) is 10.7 Å². The van der Waals surface area contributed by atoms with Crippen molar-refractivity contribution in [2.75, 3.05) is 16.9 Å². The Kier molecular flexibility index (Phi) is 4.61. The largest absolute Gasteiger partial charge is 0.312 e. The minimum atomic E-state index is -0.478. The second kappa shape index (κ2) is 6.84. The molecule has 0 spiro atoms. The Hall–Kier alpha value is -2.67. The Balaban J connectivity index is 1.75. The molecule has 1 saturated heterocycles. The molecule has 0 aliphatic carbocycles. The number of rotatable bonds is 4. The zero-order valence-corrected chi connectivity index (χ0v) is 13.8. The van der Waals surface area contributed by atoms with Gasteiger partial charge in [0.2, 0.25) is 5.91 Å². The summed E-state index contributed by atoms with van der Waals surface area (Å²) >= 11 is 5.88. The average molecular weight is 346 g/mol. The molecule has 1 aliphatic heterocycles. The molecule has 2 aromatic rings. The lowest BCUT2D eigenvalue weighted by Gasteiger charge is -2.15. The number of nitrogens with one attached hydrogen (secondary N) is 2. The maximum absolute atomic E-state index is 11.8. The van der Waals surface area contributed by atoms with Crippen LogP contribution in [0.3, 0.4) is 0 Å². The summed E-state index contributed by atoms with van der Waals surface area (Å²) < 4.78 is 0. The number of nitrogens with zero attached hydrogens (tertiary/aromatic N) is 3. The van der Waals surface area contributed by atoms with Gasteiger partial charge in [-0.1, -0.05) is 23.7 Å². The van der Waals surface area contributed by atoms with E-state index in [4.69, 9.17) is 11.6 Å². The Bertz CT molecular complexity index is 844. The number of hydrogen-bond donors (Lipinski definition) is 2. The third kappa shape index (κ3) is 3.30. The molecule has 0 radical (unpaired) electrons. The van der Waals surface area contributed by atoms with E-state index in [1.165, 1.54) is 6.20 Å². The van der Waals surface area contributed by atoms with Gasteiger partial charge in [-0.2, -0.15) is 10.2 Å². The molecule has 2 heterocycles. The number of H-pyrrole nitrogens is 1. The normalized spacial score (nSPS) is 15.0. The van der Waals surface area contributed by atoms with Gasteiger partial charge < -0.3 is 4.90 Å². The zero-order valence-electron chi connectivity index (χ0n) is 13.0. The van der Waals surface area contributed by atoms with Crippen LogP contribution >= 0.6 is 11.6 Å². The minimum absolute atomic E-state index is 0.00411. The van der Waals surface area contributed by atoms with Crippen LogP contribution in [-0.2, 0) is 4.79 Å². The van der Waals surface area contributed by atoms with Crippen molar-refractivity contribution in [1.29, 1.82) is 0 Å². The molecule has 0 atom stereocenters. The first-order chi connectivity index (χ1) is 11.6. The van der Waals surface area contributed by atoms with Crippen LogP contribution in [0.25, 0.3) is 0 Å². The topological polar surface area (TPSA) is 90.4 Å². The number of halogens is 1. The number of amides is 1. The van der Waals surface area contributed by atoms with Crippen LogP contribution in [0, 0.1) is 0 Å². The molecular formula is C16H16ClN5O2. The van der Waals surface area contributed by atoms with E-state index in [2.05, 4.69) is 20.7 Å². The van der Waals surface area contributed by atoms with E-state index in [1.807, 2.05) is 31.2 Å². The predicted octanol–water partition coefficient (Wildman–Crippen LogP) is 2.39. The van der Waals surface area contributed by atoms with E-state index < -0.39 is 5.56 Å². The molecule has 2 N–H and O–H groups in total. The molecule has 124 valence electrons. The fraction of sp³-hybridized carbons (Fsp3) is 0.250. The zero-order chi connectivity index (χ0) is 17.1. The van der Waals surface area contributed by atoms with Crippen molar-refractivity contribution in [2.45, 2.75) is 19.8 Å². The highest BCUT2D eigenvalue weighted by Gasteiger charge is 2.21. The van der Waals surface area contributed by atoms with Crippen molar-refractivity contribution in [2.24, 2.45) is 5.10 Å². The SMILES string of the molecule is C/C(=N/Nc1cn[nH]c(=O)c1Cl)c1ccc(N2CCCC2=O)cc1. The van der Waals surface area contributed by atoms with Gasteiger partial charge in [-0.05, 0) is 31.0 Å². The van der Waals surface area contributed by atoms with Gasteiger partial charge >= 0.3 is 0 Å². The van der Waals surface area contributed by atoms with Crippen LogP contribution in [0.2, 0.25) is 5.02 Å². The lowest BCUT2D eigenvalue weighted by atomic mass is 10.1. The van der Waals surface area contributed by atoms with E-state index in [-0.39, 0.29) is 10.9 Å². The number of aromatic nitrogens is 2. The van der Waals surface area contributed by atoms with Crippen LogP contribution in [0.15, 0.2) is 40.4 Å². The van der Waals surface area contributed by atoms with Crippen molar-refractivity contribution in [1.82, 2.24) is 10.2 Å². The van der Waals surface area contributed by atoms with Gasteiger partial charge in [0.25, 0.3) is 5.56 Å². The first kappa shape index (κ1) is 16.2. The average Bonchev–Trinajstić information content (AvgIpc) is 3.02. The molecule has 0 bridgehead atoms. The number of benzene rings is 1. The van der Waals surface area contributed by atoms with Gasteiger partial charge in [0.05, 0.1) is 11.9 Å². The molecule has 24 heavy (non-hydrogen) atoms. The lowest BCUT2D eigenvalue weighted by Crippen LogP contribution is -2.23. The summed E-state index contributed by atoms with van der Waals surface area (Å²) in [7, 11) is 0. The van der Waals surface area contributed by atoms with E-state index in [0.717, 1.165) is 24.2 Å². The number of carbonyl (C=O) groups excluding carboxylic acids is 1. The highest BCUT2D eigenvalue weighted by molar-refractivity contribution is 6.32. The Morgan fingerprint density at radius 2 is 2.08 bits per heavy atom. The lowest BCUT2D eigenvalue weighted by molar-refractivity contribution is -0.117. The number of hydrogen-bond acceptors (Lipinski definition) is 5. The molecule has 7 nitrogen and oxygen atoms in total. The minimum Gasteiger partial charge on any atom is -0.312 e. The van der Waals surface area contributed by atoms with Crippen molar-refractivity contribution in [3.63, 3.8) is 0 Å².